The Bertz CT molecular complexity index is 973. The van der Waals surface area contributed by atoms with Gasteiger partial charge in [0.15, 0.2) is 0 Å². The summed E-state index contributed by atoms with van der Waals surface area (Å²) >= 11 is 7.91. The Kier molecular flexibility index (Phi) is 7.19. The van der Waals surface area contributed by atoms with E-state index < -0.39 is 0 Å². The van der Waals surface area contributed by atoms with Crippen LogP contribution >= 0.6 is 43.6 Å². The van der Waals surface area contributed by atoms with Gasteiger partial charge in [-0.1, -0.05) is 19.1 Å². The van der Waals surface area contributed by atoms with Crippen molar-refractivity contribution in [2.75, 3.05) is 0 Å². The lowest BCUT2D eigenvalue weighted by molar-refractivity contribution is -0.124. The molecule has 4 nitrogen and oxygen atoms in total. The largest absolute Gasteiger partial charge is 0.487 e. The predicted octanol–water partition coefficient (Wildman–Crippen LogP) is 6.76. The summed E-state index contributed by atoms with van der Waals surface area (Å²) in [5.41, 5.74) is 1.46. The molecule has 8 heteroatoms. The second-order valence-electron chi connectivity index (χ2n) is 6.54. The van der Waals surface area contributed by atoms with E-state index in [0.717, 1.165) is 17.3 Å². The summed E-state index contributed by atoms with van der Waals surface area (Å²) in [6.07, 6.45) is 2.40. The molecule has 0 bridgehead atoms. The summed E-state index contributed by atoms with van der Waals surface area (Å²) in [7, 11) is 0. The van der Waals surface area contributed by atoms with Gasteiger partial charge < -0.3 is 4.74 Å². The van der Waals surface area contributed by atoms with Crippen LogP contribution in [-0.2, 0) is 11.4 Å². The maximum atomic E-state index is 13.3. The maximum absolute atomic E-state index is 13.3. The van der Waals surface area contributed by atoms with Crippen molar-refractivity contribution in [2.45, 2.75) is 32.9 Å². The van der Waals surface area contributed by atoms with Gasteiger partial charge in [-0.15, -0.1) is 0 Å². The van der Waals surface area contributed by atoms with Gasteiger partial charge in [0.05, 0.1) is 13.9 Å². The number of amides is 2. The Balaban J connectivity index is 1.79. The van der Waals surface area contributed by atoms with Crippen LogP contribution in [0.4, 0.5) is 9.18 Å². The molecule has 152 valence electrons. The first-order valence-electron chi connectivity index (χ1n) is 8.93. The fraction of sp³-hybridized carbons (Fsp3) is 0.238. The van der Waals surface area contributed by atoms with Gasteiger partial charge in [-0.25, -0.2) is 4.39 Å². The van der Waals surface area contributed by atoms with Crippen molar-refractivity contribution < 1.29 is 18.7 Å². The third kappa shape index (κ3) is 5.10. The molecule has 29 heavy (non-hydrogen) atoms. The Morgan fingerprint density at radius 3 is 2.52 bits per heavy atom. The van der Waals surface area contributed by atoms with Crippen LogP contribution in [0, 0.1) is 5.82 Å². The van der Waals surface area contributed by atoms with Crippen LogP contribution in [0.15, 0.2) is 50.2 Å². The number of hydrogen-bond acceptors (Lipinski definition) is 4. The van der Waals surface area contributed by atoms with Gasteiger partial charge >= 0.3 is 0 Å². The Morgan fingerprint density at radius 2 is 1.90 bits per heavy atom. The fourth-order valence-corrected chi connectivity index (χ4v) is 5.16. The third-order valence-electron chi connectivity index (χ3n) is 4.45. The molecule has 1 aliphatic heterocycles. The lowest BCUT2D eigenvalue weighted by Gasteiger charge is -2.19. The molecule has 0 N–H and O–H groups in total. The molecule has 1 heterocycles. The number of imide groups is 1. The van der Waals surface area contributed by atoms with Crippen LogP contribution in [0.5, 0.6) is 5.75 Å². The average molecular weight is 543 g/mol. The second-order valence-corrected chi connectivity index (χ2v) is 9.24. The summed E-state index contributed by atoms with van der Waals surface area (Å²) < 4.78 is 20.5. The quantitative estimate of drug-likeness (QED) is 0.378. The third-order valence-corrected chi connectivity index (χ3v) is 6.51. The van der Waals surface area contributed by atoms with Crippen molar-refractivity contribution in [3.8, 4) is 5.75 Å². The summed E-state index contributed by atoms with van der Waals surface area (Å²) in [5.74, 6) is -0.0157. The number of thioether (sulfide) groups is 1. The lowest BCUT2D eigenvalue weighted by atomic mass is 10.2. The monoisotopic (exact) mass is 541 g/mol. The molecule has 1 fully saturated rings. The first kappa shape index (κ1) is 22.1. The SMILES string of the molecule is CC[C@H](C)N1C(=O)S/C(=C/c2cc(Br)c(OCc3cccc(F)c3)c(Br)c2)C1=O. The van der Waals surface area contributed by atoms with Gasteiger partial charge in [0, 0.05) is 6.04 Å². The molecule has 1 aliphatic rings. The van der Waals surface area contributed by atoms with E-state index >= 15 is 0 Å². The van der Waals surface area contributed by atoms with E-state index in [0.29, 0.717) is 31.6 Å². The fourth-order valence-electron chi connectivity index (χ4n) is 2.78. The van der Waals surface area contributed by atoms with Crippen LogP contribution in [0.2, 0.25) is 0 Å². The van der Waals surface area contributed by atoms with Crippen LogP contribution in [0.25, 0.3) is 6.08 Å². The van der Waals surface area contributed by atoms with Gasteiger partial charge in [0.25, 0.3) is 11.1 Å². The van der Waals surface area contributed by atoms with Crippen LogP contribution in [0.3, 0.4) is 0 Å². The zero-order chi connectivity index (χ0) is 21.1. The van der Waals surface area contributed by atoms with Crippen molar-refractivity contribution in [3.63, 3.8) is 0 Å². The minimum atomic E-state index is -0.314. The maximum Gasteiger partial charge on any atom is 0.293 e. The summed E-state index contributed by atoms with van der Waals surface area (Å²) in [6.45, 7) is 4.01. The Morgan fingerprint density at radius 1 is 1.21 bits per heavy atom. The molecule has 2 aromatic carbocycles. The normalized spacial score (nSPS) is 16.6. The second kappa shape index (κ2) is 9.45. The Labute approximate surface area is 189 Å². The zero-order valence-electron chi connectivity index (χ0n) is 15.7. The van der Waals surface area contributed by atoms with E-state index in [1.807, 2.05) is 26.0 Å². The number of carbonyl (C=O) groups excluding carboxylic acids is 2. The molecule has 0 aromatic heterocycles. The summed E-state index contributed by atoms with van der Waals surface area (Å²) in [6, 6.07) is 9.70. The smallest absolute Gasteiger partial charge is 0.293 e. The molecular formula is C21H18Br2FNO3S. The topological polar surface area (TPSA) is 46.6 Å². The lowest BCUT2D eigenvalue weighted by Crippen LogP contribution is -2.36. The number of ether oxygens (including phenoxy) is 1. The Hall–Kier alpha value is -1.64. The van der Waals surface area contributed by atoms with Crippen molar-refractivity contribution >= 4 is 60.8 Å². The van der Waals surface area contributed by atoms with E-state index in [2.05, 4.69) is 31.9 Å². The summed E-state index contributed by atoms with van der Waals surface area (Å²) in [4.78, 5) is 26.5. The zero-order valence-corrected chi connectivity index (χ0v) is 19.7. The molecule has 0 saturated carbocycles. The summed E-state index contributed by atoms with van der Waals surface area (Å²) in [5, 5.41) is -0.247. The minimum absolute atomic E-state index is 0.134. The van der Waals surface area contributed by atoms with Gasteiger partial charge in [-0.2, -0.15) is 0 Å². The van der Waals surface area contributed by atoms with E-state index in [1.54, 1.807) is 18.2 Å². The number of rotatable bonds is 6. The van der Waals surface area contributed by atoms with Crippen LogP contribution in [0.1, 0.15) is 31.4 Å². The highest BCUT2D eigenvalue weighted by atomic mass is 79.9. The van der Waals surface area contributed by atoms with Gasteiger partial charge in [0.1, 0.15) is 18.2 Å². The predicted molar refractivity (Wildman–Crippen MR) is 120 cm³/mol. The molecule has 1 saturated heterocycles. The molecule has 0 spiro atoms. The van der Waals surface area contributed by atoms with Crippen molar-refractivity contribution in [2.24, 2.45) is 0 Å². The molecular weight excluding hydrogens is 525 g/mol. The highest BCUT2D eigenvalue weighted by molar-refractivity contribution is 9.11. The molecule has 0 unspecified atom stereocenters. The highest BCUT2D eigenvalue weighted by Gasteiger charge is 2.37. The van der Waals surface area contributed by atoms with E-state index in [9.17, 15) is 14.0 Å². The van der Waals surface area contributed by atoms with Crippen molar-refractivity contribution in [1.82, 2.24) is 4.90 Å². The number of carbonyl (C=O) groups is 2. The average Bonchev–Trinajstić information content (AvgIpc) is 2.94. The first-order valence-corrected chi connectivity index (χ1v) is 11.3. The molecule has 3 rings (SSSR count). The molecule has 1 atom stereocenters. The van der Waals surface area contributed by atoms with Gasteiger partial charge in [-0.05, 0) is 98.4 Å². The van der Waals surface area contributed by atoms with E-state index in [-0.39, 0.29) is 29.6 Å². The number of nitrogens with zero attached hydrogens (tertiary/aromatic N) is 1. The minimum Gasteiger partial charge on any atom is -0.487 e. The number of halogens is 3. The molecule has 0 radical (unpaired) electrons. The van der Waals surface area contributed by atoms with E-state index in [1.165, 1.54) is 17.0 Å². The standard InChI is InChI=1S/C21H18Br2FNO3S/c1-3-12(2)25-20(26)18(29-21(25)27)10-14-8-16(22)19(17(23)9-14)28-11-13-5-4-6-15(24)7-13/h4-10,12H,3,11H2,1-2H3/b18-10+/t12-/m0/s1. The van der Waals surface area contributed by atoms with Crippen LogP contribution < -0.4 is 4.74 Å². The first-order chi connectivity index (χ1) is 13.8. The van der Waals surface area contributed by atoms with Gasteiger partial charge in [0.2, 0.25) is 0 Å². The molecule has 2 amide bonds. The van der Waals surface area contributed by atoms with Gasteiger partial charge in [-0.3, -0.25) is 14.5 Å². The molecule has 0 aliphatic carbocycles. The van der Waals surface area contributed by atoms with Crippen molar-refractivity contribution in [1.29, 1.82) is 0 Å². The van der Waals surface area contributed by atoms with Crippen LogP contribution in [-0.4, -0.2) is 22.1 Å². The molecule has 2 aromatic rings. The number of benzene rings is 2. The number of hydrogen-bond donors (Lipinski definition) is 0. The van der Waals surface area contributed by atoms with E-state index in [4.69, 9.17) is 4.74 Å². The van der Waals surface area contributed by atoms with Crippen molar-refractivity contribution in [3.05, 3.63) is 67.2 Å². The highest BCUT2D eigenvalue weighted by Crippen LogP contribution is 2.38.